The molecule has 0 spiro atoms. The summed E-state index contributed by atoms with van der Waals surface area (Å²) >= 11 is 0. The first-order chi connectivity index (χ1) is 17.6. The Bertz CT molecular complexity index is 1080. The van der Waals surface area contributed by atoms with Crippen molar-refractivity contribution in [1.82, 2.24) is 10.2 Å². The molecule has 188 valence electrons. The van der Waals surface area contributed by atoms with E-state index in [1.807, 2.05) is 91.0 Å². The highest BCUT2D eigenvalue weighted by atomic mass is 16.5. The van der Waals surface area contributed by atoms with Gasteiger partial charge in [-0.1, -0.05) is 78.9 Å². The molecule has 1 unspecified atom stereocenters. The predicted octanol–water partition coefficient (Wildman–Crippen LogP) is 4.61. The molecule has 5 heteroatoms. The fourth-order valence-electron chi connectivity index (χ4n) is 6.38. The van der Waals surface area contributed by atoms with Crippen LogP contribution in [0.4, 0.5) is 0 Å². The van der Waals surface area contributed by atoms with Crippen molar-refractivity contribution < 1.29 is 14.6 Å². The molecule has 1 amide bonds. The maximum Gasteiger partial charge on any atom is 0.261 e. The molecular weight excluding hydrogens is 448 g/mol. The SMILES string of the molecule is CN(CCCOc1ccccc1)C1[C@H]2CC[C@@H]1[C@H](NC(=O)C(O)(c1ccccc1)c1ccccc1)C2. The molecule has 2 fully saturated rings. The number of fused-ring (bicyclic) bond motifs is 2. The van der Waals surface area contributed by atoms with Gasteiger partial charge >= 0.3 is 0 Å². The number of nitrogens with one attached hydrogen (secondary N) is 1. The lowest BCUT2D eigenvalue weighted by Gasteiger charge is -2.33. The molecule has 2 aliphatic rings. The number of hydrogen-bond acceptors (Lipinski definition) is 4. The van der Waals surface area contributed by atoms with Gasteiger partial charge in [-0.3, -0.25) is 4.79 Å². The van der Waals surface area contributed by atoms with E-state index in [9.17, 15) is 9.90 Å². The topological polar surface area (TPSA) is 61.8 Å². The number of hydrogen-bond donors (Lipinski definition) is 2. The van der Waals surface area contributed by atoms with Gasteiger partial charge in [0.05, 0.1) is 6.61 Å². The van der Waals surface area contributed by atoms with Crippen molar-refractivity contribution in [2.75, 3.05) is 20.2 Å². The largest absolute Gasteiger partial charge is 0.494 e. The number of rotatable bonds is 10. The second-order valence-electron chi connectivity index (χ2n) is 10.2. The van der Waals surface area contributed by atoms with Crippen molar-refractivity contribution in [2.45, 2.75) is 43.4 Å². The Balaban J connectivity index is 1.23. The maximum atomic E-state index is 13.7. The summed E-state index contributed by atoms with van der Waals surface area (Å²) in [6.07, 6.45) is 4.24. The third-order valence-corrected chi connectivity index (χ3v) is 8.07. The average Bonchev–Trinajstić information content (AvgIpc) is 3.50. The second-order valence-corrected chi connectivity index (χ2v) is 10.2. The van der Waals surface area contributed by atoms with Gasteiger partial charge in [-0.05, 0) is 67.8 Å². The molecule has 4 atom stereocenters. The highest BCUT2D eigenvalue weighted by Gasteiger charge is 2.51. The van der Waals surface area contributed by atoms with Gasteiger partial charge in [0.25, 0.3) is 5.91 Å². The van der Waals surface area contributed by atoms with Gasteiger partial charge in [-0.2, -0.15) is 0 Å². The first kappa shape index (κ1) is 24.5. The van der Waals surface area contributed by atoms with Crippen LogP contribution in [0.3, 0.4) is 0 Å². The van der Waals surface area contributed by atoms with Crippen molar-refractivity contribution in [3.8, 4) is 5.75 Å². The van der Waals surface area contributed by atoms with E-state index in [1.165, 1.54) is 6.42 Å². The van der Waals surface area contributed by atoms with Crippen molar-refractivity contribution in [3.05, 3.63) is 102 Å². The van der Waals surface area contributed by atoms with Gasteiger partial charge in [-0.15, -0.1) is 0 Å². The highest BCUT2D eigenvalue weighted by molar-refractivity contribution is 5.90. The van der Waals surface area contributed by atoms with Crippen LogP contribution in [0.25, 0.3) is 0 Å². The summed E-state index contributed by atoms with van der Waals surface area (Å²) in [4.78, 5) is 16.2. The third-order valence-electron chi connectivity index (χ3n) is 8.07. The van der Waals surface area contributed by atoms with Crippen molar-refractivity contribution in [1.29, 1.82) is 0 Å². The van der Waals surface area contributed by atoms with E-state index in [1.54, 1.807) is 0 Å². The molecule has 5 rings (SSSR count). The molecule has 3 aromatic rings. The van der Waals surface area contributed by atoms with Crippen LogP contribution in [-0.4, -0.2) is 48.2 Å². The molecule has 36 heavy (non-hydrogen) atoms. The number of carbonyl (C=O) groups excluding carboxylic acids is 1. The number of para-hydroxylation sites is 1. The van der Waals surface area contributed by atoms with Crippen LogP contribution in [0.1, 0.15) is 36.8 Å². The Kier molecular flexibility index (Phi) is 7.40. The number of ether oxygens (including phenoxy) is 1. The Morgan fingerprint density at radius 3 is 2.14 bits per heavy atom. The summed E-state index contributed by atoms with van der Waals surface area (Å²) in [5.74, 6) is 1.54. The van der Waals surface area contributed by atoms with E-state index in [-0.39, 0.29) is 11.9 Å². The lowest BCUT2D eigenvalue weighted by Crippen LogP contribution is -2.51. The fraction of sp³-hybridized carbons (Fsp3) is 0.387. The van der Waals surface area contributed by atoms with Crippen LogP contribution in [0.5, 0.6) is 5.75 Å². The van der Waals surface area contributed by atoms with Crippen LogP contribution in [0.2, 0.25) is 0 Å². The molecule has 2 N–H and O–H groups in total. The van der Waals surface area contributed by atoms with Crippen LogP contribution in [0.15, 0.2) is 91.0 Å². The molecule has 0 aromatic heterocycles. The quantitative estimate of drug-likeness (QED) is 0.413. The van der Waals surface area contributed by atoms with Gasteiger partial charge in [-0.25, -0.2) is 0 Å². The Morgan fingerprint density at radius 1 is 0.944 bits per heavy atom. The van der Waals surface area contributed by atoms with E-state index < -0.39 is 5.60 Å². The zero-order valence-corrected chi connectivity index (χ0v) is 20.9. The predicted molar refractivity (Wildman–Crippen MR) is 142 cm³/mol. The lowest BCUT2D eigenvalue weighted by atomic mass is 9.84. The summed E-state index contributed by atoms with van der Waals surface area (Å²) < 4.78 is 5.87. The van der Waals surface area contributed by atoms with Gasteiger partial charge in [0.1, 0.15) is 5.75 Å². The van der Waals surface area contributed by atoms with E-state index in [2.05, 4.69) is 17.3 Å². The van der Waals surface area contributed by atoms with E-state index in [0.717, 1.165) is 31.6 Å². The van der Waals surface area contributed by atoms with Crippen molar-refractivity contribution in [2.24, 2.45) is 11.8 Å². The van der Waals surface area contributed by atoms with Gasteiger partial charge in [0, 0.05) is 18.6 Å². The zero-order chi connectivity index (χ0) is 25.0. The van der Waals surface area contributed by atoms with E-state index >= 15 is 0 Å². The number of nitrogens with zero attached hydrogens (tertiary/aromatic N) is 1. The van der Waals surface area contributed by atoms with Gasteiger partial charge < -0.3 is 20.1 Å². The minimum Gasteiger partial charge on any atom is -0.494 e. The normalized spacial score (nSPS) is 23.1. The third kappa shape index (κ3) is 4.91. The standard InChI is InChI=1S/C31H36N2O3/c1-33(20-11-21-36-26-16-9-4-10-17-26)29-23-18-19-27(29)28(22-23)32-30(34)31(35,24-12-5-2-6-13-24)25-14-7-3-8-15-25/h2-10,12-17,23,27-29,35H,11,18-22H2,1H3,(H,32,34)/t23-,27+,28+,29?/m0/s1. The number of aliphatic hydroxyl groups is 1. The minimum atomic E-state index is -1.72. The molecule has 0 saturated heterocycles. The summed E-state index contributed by atoms with van der Waals surface area (Å²) in [5, 5.41) is 15.1. The fourth-order valence-corrected chi connectivity index (χ4v) is 6.38. The second kappa shape index (κ2) is 10.9. The molecule has 2 aliphatic carbocycles. The lowest BCUT2D eigenvalue weighted by molar-refractivity contribution is -0.137. The monoisotopic (exact) mass is 484 g/mol. The summed E-state index contributed by atoms with van der Waals surface area (Å²) in [7, 11) is 2.20. The number of carbonyl (C=O) groups is 1. The van der Waals surface area contributed by atoms with Crippen molar-refractivity contribution >= 4 is 5.91 Å². The summed E-state index contributed by atoms with van der Waals surface area (Å²) in [6.45, 7) is 1.65. The Morgan fingerprint density at radius 2 is 1.53 bits per heavy atom. The van der Waals surface area contributed by atoms with Crippen LogP contribution >= 0.6 is 0 Å². The molecule has 0 heterocycles. The molecule has 2 saturated carbocycles. The first-order valence-electron chi connectivity index (χ1n) is 13.1. The molecule has 0 aliphatic heterocycles. The Hall–Kier alpha value is -3.15. The molecule has 5 nitrogen and oxygen atoms in total. The van der Waals surface area contributed by atoms with E-state index in [0.29, 0.717) is 35.6 Å². The molecule has 2 bridgehead atoms. The zero-order valence-electron chi connectivity index (χ0n) is 20.9. The van der Waals surface area contributed by atoms with Crippen LogP contribution in [-0.2, 0) is 10.4 Å². The molecule has 3 aromatic carbocycles. The van der Waals surface area contributed by atoms with Crippen molar-refractivity contribution in [3.63, 3.8) is 0 Å². The molecular formula is C31H36N2O3. The summed E-state index contributed by atoms with van der Waals surface area (Å²) in [6, 6.07) is 29.0. The Labute approximate surface area is 214 Å². The van der Waals surface area contributed by atoms with E-state index in [4.69, 9.17) is 4.74 Å². The first-order valence-corrected chi connectivity index (χ1v) is 13.1. The summed E-state index contributed by atoms with van der Waals surface area (Å²) in [5.41, 5.74) is -0.548. The highest BCUT2D eigenvalue weighted by Crippen LogP contribution is 2.47. The molecule has 0 radical (unpaired) electrons. The van der Waals surface area contributed by atoms with Gasteiger partial charge in [0.2, 0.25) is 0 Å². The maximum absolute atomic E-state index is 13.7. The number of amides is 1. The average molecular weight is 485 g/mol. The van der Waals surface area contributed by atoms with Crippen LogP contribution < -0.4 is 10.1 Å². The van der Waals surface area contributed by atoms with Crippen LogP contribution in [0, 0.1) is 11.8 Å². The van der Waals surface area contributed by atoms with Gasteiger partial charge in [0.15, 0.2) is 5.60 Å². The number of benzene rings is 3. The smallest absolute Gasteiger partial charge is 0.261 e. The minimum absolute atomic E-state index is 0.0724.